The van der Waals surface area contributed by atoms with E-state index in [2.05, 4.69) is 15.6 Å². The molecule has 4 aromatic rings. The van der Waals surface area contributed by atoms with Gasteiger partial charge in [0.2, 0.25) is 0 Å². The lowest BCUT2D eigenvalue weighted by molar-refractivity contribution is 0.0955. The second-order valence-electron chi connectivity index (χ2n) is 8.19. The van der Waals surface area contributed by atoms with Crippen LogP contribution in [0.2, 0.25) is 5.02 Å². The van der Waals surface area contributed by atoms with Crippen LogP contribution in [0.3, 0.4) is 0 Å². The quantitative estimate of drug-likeness (QED) is 0.361. The van der Waals surface area contributed by atoms with Crippen molar-refractivity contribution in [2.75, 3.05) is 29.3 Å². The molecule has 3 aromatic carbocycles. The van der Waals surface area contributed by atoms with Gasteiger partial charge in [-0.2, -0.15) is 0 Å². The molecule has 1 aliphatic rings. The van der Waals surface area contributed by atoms with Crippen molar-refractivity contribution < 1.29 is 13.2 Å². The number of halogens is 1. The van der Waals surface area contributed by atoms with Gasteiger partial charge in [-0.05, 0) is 66.6 Å². The summed E-state index contributed by atoms with van der Waals surface area (Å²) in [5, 5.41) is 7.82. The van der Waals surface area contributed by atoms with Crippen molar-refractivity contribution in [2.45, 2.75) is 11.3 Å². The Bertz CT molecular complexity index is 1510. The number of sulfonamides is 1. The third-order valence-electron chi connectivity index (χ3n) is 5.96. The lowest BCUT2D eigenvalue weighted by Crippen LogP contribution is -2.29. The molecule has 5 rings (SSSR count). The van der Waals surface area contributed by atoms with Crippen LogP contribution in [0.25, 0.3) is 10.9 Å². The predicted octanol–water partition coefficient (Wildman–Crippen LogP) is 4.48. The third kappa shape index (κ3) is 4.67. The first kappa shape index (κ1) is 23.1. The summed E-state index contributed by atoms with van der Waals surface area (Å²) in [6, 6.07) is 21.0. The first-order chi connectivity index (χ1) is 16.9. The van der Waals surface area contributed by atoms with E-state index in [1.807, 2.05) is 24.3 Å². The molecule has 0 fully saturated rings. The fourth-order valence-electron chi connectivity index (χ4n) is 4.23. The highest BCUT2D eigenvalue weighted by Gasteiger charge is 2.31. The van der Waals surface area contributed by atoms with Crippen molar-refractivity contribution in [3.63, 3.8) is 0 Å². The van der Waals surface area contributed by atoms with E-state index in [1.165, 1.54) is 4.31 Å². The molecule has 7 nitrogen and oxygen atoms in total. The van der Waals surface area contributed by atoms with Crippen LogP contribution >= 0.6 is 11.6 Å². The van der Waals surface area contributed by atoms with Gasteiger partial charge in [0.1, 0.15) is 0 Å². The zero-order valence-corrected chi connectivity index (χ0v) is 20.3. The molecule has 0 saturated heterocycles. The summed E-state index contributed by atoms with van der Waals surface area (Å²) in [7, 11) is -3.63. The molecule has 1 amide bonds. The van der Waals surface area contributed by atoms with E-state index >= 15 is 0 Å². The molecule has 178 valence electrons. The summed E-state index contributed by atoms with van der Waals surface area (Å²) in [6.07, 6.45) is 2.27. The smallest absolute Gasteiger partial charge is 0.264 e. The summed E-state index contributed by atoms with van der Waals surface area (Å²) in [6.45, 7) is 1.30. The zero-order chi connectivity index (χ0) is 24.4. The van der Waals surface area contributed by atoms with Crippen molar-refractivity contribution >= 4 is 49.8 Å². The largest absolute Gasteiger partial charge is 0.383 e. The Morgan fingerprint density at radius 1 is 1.00 bits per heavy atom. The number of carbonyl (C=O) groups is 1. The van der Waals surface area contributed by atoms with E-state index in [0.717, 1.165) is 22.2 Å². The Labute approximate surface area is 208 Å². The normalized spacial score (nSPS) is 13.0. The maximum Gasteiger partial charge on any atom is 0.264 e. The van der Waals surface area contributed by atoms with Gasteiger partial charge in [-0.25, -0.2) is 8.42 Å². The van der Waals surface area contributed by atoms with Gasteiger partial charge in [0.05, 0.1) is 16.1 Å². The summed E-state index contributed by atoms with van der Waals surface area (Å²) in [4.78, 5) is 17.3. The lowest BCUT2D eigenvalue weighted by atomic mass is 10.1. The number of anilines is 2. The van der Waals surface area contributed by atoms with Crippen molar-refractivity contribution in [3.8, 4) is 0 Å². The zero-order valence-electron chi connectivity index (χ0n) is 18.7. The summed E-state index contributed by atoms with van der Waals surface area (Å²) < 4.78 is 27.5. The van der Waals surface area contributed by atoms with Gasteiger partial charge in [-0.15, -0.1) is 0 Å². The van der Waals surface area contributed by atoms with Crippen LogP contribution < -0.4 is 14.9 Å². The molecular weight excluding hydrogens is 484 g/mol. The van der Waals surface area contributed by atoms with E-state index in [9.17, 15) is 13.2 Å². The van der Waals surface area contributed by atoms with Gasteiger partial charge in [0.15, 0.2) is 0 Å². The van der Waals surface area contributed by atoms with Gasteiger partial charge in [-0.1, -0.05) is 29.8 Å². The fourth-order valence-corrected chi connectivity index (χ4v) is 5.92. The number of nitrogens with one attached hydrogen (secondary N) is 2. The van der Waals surface area contributed by atoms with Gasteiger partial charge < -0.3 is 10.6 Å². The minimum absolute atomic E-state index is 0.203. The number of rotatable bonds is 7. The molecule has 0 radical (unpaired) electrons. The average molecular weight is 507 g/mol. The molecule has 1 aliphatic heterocycles. The number of hydrogen-bond acceptors (Lipinski definition) is 5. The van der Waals surface area contributed by atoms with Gasteiger partial charge in [-0.3, -0.25) is 14.1 Å². The molecule has 0 spiro atoms. The maximum absolute atomic E-state index is 13.0. The van der Waals surface area contributed by atoms with Crippen LogP contribution in [0.5, 0.6) is 0 Å². The predicted molar refractivity (Wildman–Crippen MR) is 139 cm³/mol. The summed E-state index contributed by atoms with van der Waals surface area (Å²) in [5.41, 5.74) is 3.69. The SMILES string of the molecule is O=C(NCCNc1ccnc2cc(Cl)ccc12)c1ccc2c(c1)CCN2S(=O)(=O)c1ccccc1. The van der Waals surface area contributed by atoms with Crippen molar-refractivity contribution in [3.05, 3.63) is 95.1 Å². The number of aromatic nitrogens is 1. The first-order valence-corrected chi connectivity index (χ1v) is 13.0. The fraction of sp³-hybridized carbons (Fsp3) is 0.154. The monoisotopic (exact) mass is 506 g/mol. The van der Waals surface area contributed by atoms with E-state index in [-0.39, 0.29) is 10.8 Å². The Morgan fingerprint density at radius 3 is 2.66 bits per heavy atom. The number of amides is 1. The number of nitrogens with zero attached hydrogens (tertiary/aromatic N) is 2. The van der Waals surface area contributed by atoms with Crippen LogP contribution in [-0.2, 0) is 16.4 Å². The third-order valence-corrected chi connectivity index (χ3v) is 8.02. The second kappa shape index (κ2) is 9.56. The molecule has 0 aliphatic carbocycles. The van der Waals surface area contributed by atoms with Gasteiger partial charge in [0, 0.05) is 47.5 Å². The van der Waals surface area contributed by atoms with Crippen LogP contribution in [0.4, 0.5) is 11.4 Å². The molecule has 2 N–H and O–H groups in total. The molecule has 0 unspecified atom stereocenters. The van der Waals surface area contributed by atoms with E-state index in [0.29, 0.717) is 42.3 Å². The Morgan fingerprint density at radius 2 is 1.83 bits per heavy atom. The highest BCUT2D eigenvalue weighted by Crippen LogP contribution is 2.33. The van der Waals surface area contributed by atoms with Crippen LogP contribution in [0.15, 0.2) is 83.9 Å². The Hall–Kier alpha value is -3.62. The minimum atomic E-state index is -3.63. The molecule has 35 heavy (non-hydrogen) atoms. The van der Waals surface area contributed by atoms with Crippen LogP contribution in [0.1, 0.15) is 15.9 Å². The van der Waals surface area contributed by atoms with Gasteiger partial charge >= 0.3 is 0 Å². The standard InChI is InChI=1S/C26H23ClN4O3S/c27-20-7-8-22-23(10-12-28-24(22)17-20)29-13-14-30-26(32)19-6-9-25-18(16-19)11-15-31(25)35(33,34)21-4-2-1-3-5-21/h1-10,12,16-17H,11,13-15H2,(H,28,29)(H,30,32). The number of fused-ring (bicyclic) bond motifs is 2. The van der Waals surface area contributed by atoms with Gasteiger partial charge in [0.25, 0.3) is 15.9 Å². The van der Waals surface area contributed by atoms with E-state index in [1.54, 1.807) is 54.7 Å². The highest BCUT2D eigenvalue weighted by molar-refractivity contribution is 7.92. The van der Waals surface area contributed by atoms with Crippen molar-refractivity contribution in [1.82, 2.24) is 10.3 Å². The molecule has 2 heterocycles. The van der Waals surface area contributed by atoms with E-state index < -0.39 is 10.0 Å². The number of pyridine rings is 1. The lowest BCUT2D eigenvalue weighted by Gasteiger charge is -2.19. The molecule has 0 bridgehead atoms. The molecule has 9 heteroatoms. The summed E-state index contributed by atoms with van der Waals surface area (Å²) >= 11 is 6.04. The highest BCUT2D eigenvalue weighted by atomic mass is 35.5. The van der Waals surface area contributed by atoms with Crippen LogP contribution in [0, 0.1) is 0 Å². The van der Waals surface area contributed by atoms with Crippen molar-refractivity contribution in [2.24, 2.45) is 0 Å². The molecule has 1 aromatic heterocycles. The Kier molecular flexibility index (Phi) is 6.32. The first-order valence-electron chi connectivity index (χ1n) is 11.2. The minimum Gasteiger partial charge on any atom is -0.383 e. The topological polar surface area (TPSA) is 91.4 Å². The molecule has 0 saturated carbocycles. The number of hydrogen-bond donors (Lipinski definition) is 2. The van der Waals surface area contributed by atoms with Crippen LogP contribution in [-0.4, -0.2) is 38.9 Å². The number of carbonyl (C=O) groups excluding carboxylic acids is 1. The summed E-state index contributed by atoms with van der Waals surface area (Å²) in [5.74, 6) is -0.203. The molecule has 0 atom stereocenters. The number of benzene rings is 3. The Balaban J connectivity index is 1.22. The molecular formula is C26H23ClN4O3S. The van der Waals surface area contributed by atoms with E-state index in [4.69, 9.17) is 11.6 Å². The van der Waals surface area contributed by atoms with Crippen molar-refractivity contribution in [1.29, 1.82) is 0 Å². The second-order valence-corrected chi connectivity index (χ2v) is 10.5. The maximum atomic E-state index is 13.0. The average Bonchev–Trinajstić information content (AvgIpc) is 3.31.